The maximum absolute atomic E-state index is 7.46. The number of thiophene rings is 2. The summed E-state index contributed by atoms with van der Waals surface area (Å²) in [4.78, 5) is 4.13. The van der Waals surface area contributed by atoms with Gasteiger partial charge in [-0.1, -0.05) is 23.2 Å². The van der Waals surface area contributed by atoms with Crippen LogP contribution in [-0.4, -0.2) is 5.84 Å². The van der Waals surface area contributed by atoms with E-state index >= 15 is 0 Å². The highest BCUT2D eigenvalue weighted by Crippen LogP contribution is 2.38. The van der Waals surface area contributed by atoms with E-state index in [4.69, 9.17) is 34.3 Å². The number of rotatable bonds is 3. The minimum atomic E-state index is 0.102. The molecule has 6 heteroatoms. The summed E-state index contributed by atoms with van der Waals surface area (Å²) in [5, 5.41) is 8.71. The van der Waals surface area contributed by atoms with Crippen molar-refractivity contribution in [1.82, 2.24) is 0 Å². The van der Waals surface area contributed by atoms with Crippen LogP contribution in [0.25, 0.3) is 20.2 Å². The number of nitrogen functional groups attached to an aromatic ring is 1. The topological polar surface area (TPSA) is 49.9 Å². The standard InChI is InChI=1S/C15H10Cl2N2S2/c16-9-5-8(6-10(17)7-9)11-1-2-12(20-11)13-3-4-14(21-13)15(18)19/h1-7H,(H3,18,19). The number of nitrogens with two attached hydrogens (primary N) is 1. The Morgan fingerprint density at radius 3 is 2.05 bits per heavy atom. The zero-order valence-electron chi connectivity index (χ0n) is 10.7. The van der Waals surface area contributed by atoms with Gasteiger partial charge in [0.1, 0.15) is 5.84 Å². The van der Waals surface area contributed by atoms with Crippen LogP contribution in [0.2, 0.25) is 10.0 Å². The van der Waals surface area contributed by atoms with E-state index in [1.165, 1.54) is 11.3 Å². The Morgan fingerprint density at radius 2 is 1.43 bits per heavy atom. The molecule has 1 aromatic carbocycles. The first-order valence-corrected chi connectivity index (χ1v) is 8.43. The fourth-order valence-corrected chi connectivity index (χ4v) is 4.41. The fraction of sp³-hybridized carbons (Fsp3) is 0. The van der Waals surface area contributed by atoms with E-state index in [2.05, 4.69) is 12.1 Å². The lowest BCUT2D eigenvalue weighted by atomic mass is 10.2. The number of nitrogens with one attached hydrogen (secondary N) is 1. The lowest BCUT2D eigenvalue weighted by Crippen LogP contribution is -2.08. The van der Waals surface area contributed by atoms with E-state index in [9.17, 15) is 0 Å². The van der Waals surface area contributed by atoms with Crippen LogP contribution < -0.4 is 5.73 Å². The van der Waals surface area contributed by atoms with E-state index in [1.807, 2.05) is 24.3 Å². The van der Waals surface area contributed by atoms with Crippen molar-refractivity contribution in [3.8, 4) is 20.2 Å². The molecule has 3 N–H and O–H groups in total. The molecule has 3 rings (SSSR count). The zero-order chi connectivity index (χ0) is 15.0. The largest absolute Gasteiger partial charge is 0.383 e. The third kappa shape index (κ3) is 3.14. The summed E-state index contributed by atoms with van der Waals surface area (Å²) in [6.07, 6.45) is 0. The molecule has 106 valence electrons. The van der Waals surface area contributed by atoms with Crippen LogP contribution in [0.5, 0.6) is 0 Å². The van der Waals surface area contributed by atoms with Gasteiger partial charge in [0, 0.05) is 24.7 Å². The Kier molecular flexibility index (Phi) is 4.04. The van der Waals surface area contributed by atoms with Crippen LogP contribution in [0, 0.1) is 5.41 Å². The predicted molar refractivity (Wildman–Crippen MR) is 94.1 cm³/mol. The molecular formula is C15H10Cl2N2S2. The summed E-state index contributed by atoms with van der Waals surface area (Å²) in [6, 6.07) is 13.5. The van der Waals surface area contributed by atoms with Gasteiger partial charge in [0.25, 0.3) is 0 Å². The van der Waals surface area contributed by atoms with Crippen LogP contribution in [0.15, 0.2) is 42.5 Å². The van der Waals surface area contributed by atoms with Crippen LogP contribution in [0.1, 0.15) is 4.88 Å². The summed E-state index contributed by atoms with van der Waals surface area (Å²) in [6.45, 7) is 0. The van der Waals surface area contributed by atoms with Crippen molar-refractivity contribution >= 4 is 51.7 Å². The highest BCUT2D eigenvalue weighted by Gasteiger charge is 2.09. The third-order valence-corrected chi connectivity index (χ3v) is 5.75. The summed E-state index contributed by atoms with van der Waals surface area (Å²) in [7, 11) is 0. The Balaban J connectivity index is 1.97. The summed E-state index contributed by atoms with van der Waals surface area (Å²) < 4.78 is 0. The molecule has 0 aliphatic heterocycles. The highest BCUT2D eigenvalue weighted by molar-refractivity contribution is 7.24. The molecule has 0 fully saturated rings. The van der Waals surface area contributed by atoms with E-state index in [-0.39, 0.29) is 5.84 Å². The molecular weight excluding hydrogens is 343 g/mol. The monoisotopic (exact) mass is 352 g/mol. The van der Waals surface area contributed by atoms with Crippen LogP contribution in [-0.2, 0) is 0 Å². The number of benzene rings is 1. The van der Waals surface area contributed by atoms with Gasteiger partial charge in [0.2, 0.25) is 0 Å². The van der Waals surface area contributed by atoms with Crippen LogP contribution in [0.4, 0.5) is 0 Å². The Labute approximate surface area is 140 Å². The van der Waals surface area contributed by atoms with Crippen molar-refractivity contribution in [2.75, 3.05) is 0 Å². The molecule has 0 atom stereocenters. The summed E-state index contributed by atoms with van der Waals surface area (Å²) >= 11 is 15.3. The Bertz CT molecular complexity index is 800. The molecule has 0 unspecified atom stereocenters. The van der Waals surface area contributed by atoms with E-state index in [1.54, 1.807) is 17.4 Å². The minimum Gasteiger partial charge on any atom is -0.383 e. The molecule has 0 saturated heterocycles. The smallest absolute Gasteiger partial charge is 0.133 e. The van der Waals surface area contributed by atoms with Gasteiger partial charge >= 0.3 is 0 Å². The Hall–Kier alpha value is -1.33. The number of halogens is 2. The molecule has 2 heterocycles. The maximum Gasteiger partial charge on any atom is 0.133 e. The second-order valence-electron chi connectivity index (χ2n) is 4.40. The first-order chi connectivity index (χ1) is 10.0. The first-order valence-electron chi connectivity index (χ1n) is 6.04. The third-order valence-electron chi connectivity index (χ3n) is 2.87. The molecule has 3 aromatic rings. The highest BCUT2D eigenvalue weighted by atomic mass is 35.5. The van der Waals surface area contributed by atoms with Crippen LogP contribution >= 0.6 is 45.9 Å². The number of amidine groups is 1. The molecule has 0 bridgehead atoms. The average Bonchev–Trinajstić information content (AvgIpc) is 3.07. The van der Waals surface area contributed by atoms with E-state index < -0.39 is 0 Å². The van der Waals surface area contributed by atoms with Crippen molar-refractivity contribution < 1.29 is 0 Å². The average molecular weight is 353 g/mol. The number of hydrogen-bond donors (Lipinski definition) is 2. The zero-order valence-corrected chi connectivity index (χ0v) is 13.8. The van der Waals surface area contributed by atoms with Gasteiger partial charge in [-0.15, -0.1) is 22.7 Å². The van der Waals surface area contributed by atoms with Crippen LogP contribution in [0.3, 0.4) is 0 Å². The molecule has 0 saturated carbocycles. The van der Waals surface area contributed by atoms with E-state index in [0.717, 1.165) is 25.1 Å². The fourth-order valence-electron chi connectivity index (χ4n) is 1.94. The molecule has 0 amide bonds. The quantitative estimate of drug-likeness (QED) is 0.458. The molecule has 0 radical (unpaired) electrons. The normalized spacial score (nSPS) is 10.8. The molecule has 2 aromatic heterocycles. The molecule has 0 aliphatic carbocycles. The SMILES string of the molecule is N=C(N)c1ccc(-c2ccc(-c3cc(Cl)cc(Cl)c3)s2)s1. The van der Waals surface area contributed by atoms with Gasteiger partial charge in [0.05, 0.1) is 4.88 Å². The Morgan fingerprint density at radius 1 is 0.857 bits per heavy atom. The lowest BCUT2D eigenvalue weighted by Gasteiger charge is -1.99. The van der Waals surface area contributed by atoms with Gasteiger partial charge in [-0.2, -0.15) is 0 Å². The lowest BCUT2D eigenvalue weighted by molar-refractivity contribution is 1.45. The molecule has 0 spiro atoms. The van der Waals surface area contributed by atoms with E-state index in [0.29, 0.717) is 10.0 Å². The predicted octanol–water partition coefficient (Wildman–Crippen LogP) is 5.73. The van der Waals surface area contributed by atoms with Gasteiger partial charge in [-0.25, -0.2) is 0 Å². The van der Waals surface area contributed by atoms with Gasteiger partial charge in [-0.05, 0) is 48.0 Å². The molecule has 2 nitrogen and oxygen atoms in total. The van der Waals surface area contributed by atoms with Crippen molar-refractivity contribution in [3.05, 3.63) is 57.4 Å². The first kappa shape index (κ1) is 14.6. The summed E-state index contributed by atoms with van der Waals surface area (Å²) in [5.41, 5.74) is 6.51. The molecule has 21 heavy (non-hydrogen) atoms. The molecule has 0 aliphatic rings. The second kappa shape index (κ2) is 5.81. The second-order valence-corrected chi connectivity index (χ2v) is 7.44. The van der Waals surface area contributed by atoms with Crippen molar-refractivity contribution in [1.29, 1.82) is 5.41 Å². The summed E-state index contributed by atoms with van der Waals surface area (Å²) in [5.74, 6) is 0.102. The van der Waals surface area contributed by atoms with Crippen molar-refractivity contribution in [2.45, 2.75) is 0 Å². The van der Waals surface area contributed by atoms with Crippen molar-refractivity contribution in [2.24, 2.45) is 5.73 Å². The van der Waals surface area contributed by atoms with Crippen molar-refractivity contribution in [3.63, 3.8) is 0 Å². The number of hydrogen-bond acceptors (Lipinski definition) is 3. The van der Waals surface area contributed by atoms with Gasteiger partial charge < -0.3 is 5.73 Å². The minimum absolute atomic E-state index is 0.102. The van der Waals surface area contributed by atoms with Gasteiger partial charge in [0.15, 0.2) is 0 Å². The maximum atomic E-state index is 7.46. The van der Waals surface area contributed by atoms with Gasteiger partial charge in [-0.3, -0.25) is 5.41 Å².